The van der Waals surface area contributed by atoms with E-state index in [9.17, 15) is 0 Å². The molecule has 1 aliphatic carbocycles. The van der Waals surface area contributed by atoms with Crippen molar-refractivity contribution in [2.24, 2.45) is 5.41 Å². The highest BCUT2D eigenvalue weighted by Crippen LogP contribution is 2.50. The summed E-state index contributed by atoms with van der Waals surface area (Å²) in [6.45, 7) is 2.32. The Labute approximate surface area is 117 Å². The second kappa shape index (κ2) is 4.82. The first-order valence-electron chi connectivity index (χ1n) is 6.46. The van der Waals surface area contributed by atoms with Gasteiger partial charge in [0.2, 0.25) is 0 Å². The number of halogens is 1. The molecule has 0 unspecified atom stereocenters. The fourth-order valence-corrected chi connectivity index (χ4v) is 2.26. The fraction of sp³-hybridized carbons (Fsp3) is 0.333. The first-order valence-corrected chi connectivity index (χ1v) is 6.84. The number of benzene rings is 1. The smallest absolute Gasteiger partial charge is 0.138 e. The summed E-state index contributed by atoms with van der Waals surface area (Å²) in [5.41, 5.74) is 2.75. The van der Waals surface area contributed by atoms with E-state index in [1.165, 1.54) is 18.5 Å². The molecule has 1 saturated carbocycles. The van der Waals surface area contributed by atoms with E-state index < -0.39 is 0 Å². The molecule has 1 aliphatic rings. The van der Waals surface area contributed by atoms with E-state index in [1.54, 1.807) is 12.7 Å². The van der Waals surface area contributed by atoms with Gasteiger partial charge in [-0.1, -0.05) is 30.7 Å². The third-order valence-electron chi connectivity index (χ3n) is 3.63. The topological polar surface area (TPSA) is 30.7 Å². The molecule has 3 nitrogen and oxygen atoms in total. The Morgan fingerprint density at radius 1 is 1.37 bits per heavy atom. The molecular weight excluding hydrogens is 258 g/mol. The Balaban J connectivity index is 1.91. The molecule has 19 heavy (non-hydrogen) atoms. The first-order chi connectivity index (χ1) is 9.15. The van der Waals surface area contributed by atoms with Crippen LogP contribution in [-0.4, -0.2) is 14.8 Å². The molecule has 1 aromatic carbocycles. The van der Waals surface area contributed by atoms with Crippen molar-refractivity contribution in [2.75, 3.05) is 0 Å². The molecule has 0 N–H and O–H groups in total. The molecule has 0 saturated heterocycles. The van der Waals surface area contributed by atoms with Gasteiger partial charge in [-0.3, -0.25) is 0 Å². The quantitative estimate of drug-likeness (QED) is 0.839. The lowest BCUT2D eigenvalue weighted by atomic mass is 10.0. The number of rotatable bonds is 4. The molecule has 0 atom stereocenters. The summed E-state index contributed by atoms with van der Waals surface area (Å²) in [5, 5.41) is 5.01. The average Bonchev–Trinajstić information content (AvgIpc) is 2.93. The summed E-state index contributed by atoms with van der Waals surface area (Å²) in [7, 11) is 0. The van der Waals surface area contributed by atoms with Crippen molar-refractivity contribution in [2.45, 2.75) is 26.2 Å². The lowest BCUT2D eigenvalue weighted by Crippen LogP contribution is -2.03. The van der Waals surface area contributed by atoms with Crippen LogP contribution in [0.15, 0.2) is 36.9 Å². The van der Waals surface area contributed by atoms with Gasteiger partial charge < -0.3 is 0 Å². The van der Waals surface area contributed by atoms with Gasteiger partial charge in [0.1, 0.15) is 12.7 Å². The SMILES string of the molecule is CC1(CC(=Cc2ccc(Cl)cc2)n2cncn2)CC1. The molecular formula is C15H16ClN3. The monoisotopic (exact) mass is 273 g/mol. The van der Waals surface area contributed by atoms with Crippen molar-refractivity contribution < 1.29 is 0 Å². The molecule has 98 valence electrons. The van der Waals surface area contributed by atoms with E-state index >= 15 is 0 Å². The Morgan fingerprint density at radius 3 is 2.68 bits per heavy atom. The van der Waals surface area contributed by atoms with Crippen molar-refractivity contribution in [3.05, 3.63) is 47.5 Å². The maximum atomic E-state index is 5.92. The second-order valence-electron chi connectivity index (χ2n) is 5.51. The number of hydrogen-bond acceptors (Lipinski definition) is 2. The van der Waals surface area contributed by atoms with Crippen molar-refractivity contribution in [3.63, 3.8) is 0 Å². The molecule has 4 heteroatoms. The summed E-state index contributed by atoms with van der Waals surface area (Å²) in [6.07, 6.45) is 9.10. The van der Waals surface area contributed by atoms with Crippen LogP contribution >= 0.6 is 11.6 Å². The Bertz CT molecular complexity index is 580. The van der Waals surface area contributed by atoms with E-state index in [-0.39, 0.29) is 0 Å². The van der Waals surface area contributed by atoms with E-state index in [1.807, 2.05) is 28.9 Å². The van der Waals surface area contributed by atoms with Crippen LogP contribution in [0.25, 0.3) is 11.8 Å². The first kappa shape index (κ1) is 12.4. The van der Waals surface area contributed by atoms with Gasteiger partial charge >= 0.3 is 0 Å². The van der Waals surface area contributed by atoms with Crippen molar-refractivity contribution in [1.29, 1.82) is 0 Å². The molecule has 3 rings (SSSR count). The lowest BCUT2D eigenvalue weighted by molar-refractivity contribution is 0.576. The van der Waals surface area contributed by atoms with Gasteiger partial charge in [0.25, 0.3) is 0 Å². The molecule has 1 heterocycles. The Hall–Kier alpha value is -1.61. The van der Waals surface area contributed by atoms with Crippen LogP contribution in [0.2, 0.25) is 5.02 Å². The van der Waals surface area contributed by atoms with Gasteiger partial charge in [-0.15, -0.1) is 0 Å². The standard InChI is InChI=1S/C15H16ClN3/c1-15(6-7-15)9-14(19-11-17-10-18-19)8-12-2-4-13(16)5-3-12/h2-5,8,10-11H,6-7,9H2,1H3. The minimum absolute atomic E-state index is 0.435. The van der Waals surface area contributed by atoms with E-state index in [4.69, 9.17) is 11.6 Å². The summed E-state index contributed by atoms with van der Waals surface area (Å²) in [5.74, 6) is 0. The van der Waals surface area contributed by atoms with Gasteiger partial charge in [-0.25, -0.2) is 9.67 Å². The highest BCUT2D eigenvalue weighted by molar-refractivity contribution is 6.30. The summed E-state index contributed by atoms with van der Waals surface area (Å²) >= 11 is 5.92. The van der Waals surface area contributed by atoms with Crippen LogP contribution in [0.4, 0.5) is 0 Å². The zero-order chi connectivity index (χ0) is 13.3. The normalized spacial score (nSPS) is 17.5. The van der Waals surface area contributed by atoms with Crippen LogP contribution in [0.1, 0.15) is 31.7 Å². The third kappa shape index (κ3) is 3.04. The zero-order valence-corrected chi connectivity index (χ0v) is 11.6. The number of allylic oxidation sites excluding steroid dienone is 1. The zero-order valence-electron chi connectivity index (χ0n) is 10.9. The average molecular weight is 274 g/mol. The molecule has 1 fully saturated rings. The van der Waals surface area contributed by atoms with Crippen LogP contribution in [0, 0.1) is 5.41 Å². The Morgan fingerprint density at radius 2 is 2.11 bits per heavy atom. The minimum Gasteiger partial charge on any atom is -0.225 e. The molecule has 0 spiro atoms. The highest BCUT2D eigenvalue weighted by atomic mass is 35.5. The molecule has 0 radical (unpaired) electrons. The molecule has 1 aromatic heterocycles. The maximum absolute atomic E-state index is 5.92. The van der Waals surface area contributed by atoms with Crippen molar-refractivity contribution >= 4 is 23.4 Å². The van der Waals surface area contributed by atoms with Gasteiger partial charge in [0, 0.05) is 10.7 Å². The van der Waals surface area contributed by atoms with Crippen LogP contribution in [0.5, 0.6) is 0 Å². The van der Waals surface area contributed by atoms with Gasteiger partial charge in [0.15, 0.2) is 0 Å². The van der Waals surface area contributed by atoms with Crippen LogP contribution < -0.4 is 0 Å². The highest BCUT2D eigenvalue weighted by Gasteiger charge is 2.38. The predicted molar refractivity (Wildman–Crippen MR) is 77.6 cm³/mol. The van der Waals surface area contributed by atoms with Gasteiger partial charge in [-0.2, -0.15) is 5.10 Å². The third-order valence-corrected chi connectivity index (χ3v) is 3.88. The maximum Gasteiger partial charge on any atom is 0.138 e. The number of hydrogen-bond donors (Lipinski definition) is 0. The van der Waals surface area contributed by atoms with Crippen molar-refractivity contribution in [3.8, 4) is 0 Å². The molecule has 0 amide bonds. The largest absolute Gasteiger partial charge is 0.225 e. The number of nitrogens with zero attached hydrogens (tertiary/aromatic N) is 3. The Kier molecular flexibility index (Phi) is 3.15. The summed E-state index contributed by atoms with van der Waals surface area (Å²) in [6, 6.07) is 7.86. The van der Waals surface area contributed by atoms with Gasteiger partial charge in [0.05, 0.1) is 0 Å². The molecule has 0 aliphatic heterocycles. The molecule has 2 aromatic rings. The summed E-state index contributed by atoms with van der Waals surface area (Å²) in [4.78, 5) is 4.04. The summed E-state index contributed by atoms with van der Waals surface area (Å²) < 4.78 is 1.86. The van der Waals surface area contributed by atoms with Crippen molar-refractivity contribution in [1.82, 2.24) is 14.8 Å². The second-order valence-corrected chi connectivity index (χ2v) is 5.95. The van der Waals surface area contributed by atoms with Crippen LogP contribution in [0.3, 0.4) is 0 Å². The minimum atomic E-state index is 0.435. The predicted octanol–water partition coefficient (Wildman–Crippen LogP) is 4.12. The van der Waals surface area contributed by atoms with E-state index in [2.05, 4.69) is 23.1 Å². The number of aromatic nitrogens is 3. The van der Waals surface area contributed by atoms with E-state index in [0.717, 1.165) is 17.0 Å². The van der Waals surface area contributed by atoms with Crippen LogP contribution in [-0.2, 0) is 0 Å². The lowest BCUT2D eigenvalue weighted by Gasteiger charge is -2.12. The molecule has 0 bridgehead atoms. The van der Waals surface area contributed by atoms with Gasteiger partial charge in [-0.05, 0) is 48.4 Å². The van der Waals surface area contributed by atoms with E-state index in [0.29, 0.717) is 5.41 Å². The fourth-order valence-electron chi connectivity index (χ4n) is 2.13.